The first kappa shape index (κ1) is 18.2. The van der Waals surface area contributed by atoms with Crippen molar-refractivity contribution in [3.63, 3.8) is 0 Å². The minimum Gasteiger partial charge on any atom is -0.278 e. The molecule has 0 fully saturated rings. The van der Waals surface area contributed by atoms with Crippen LogP contribution in [0.1, 0.15) is 18.1 Å². The Labute approximate surface area is 120 Å². The Balaban J connectivity index is 3.45. The number of benzene rings is 1. The molecule has 12 heteroatoms. The number of halogens is 6. The molecular weight excluding hydrogens is 342 g/mol. The molecule has 0 spiro atoms. The summed E-state index contributed by atoms with van der Waals surface area (Å²) in [6.45, 7) is 0.885. The monoisotopic (exact) mass is 350 g/mol. The van der Waals surface area contributed by atoms with E-state index in [0.717, 1.165) is 6.92 Å². The molecular formula is C10H8F6N2O3S. The second kappa shape index (κ2) is 5.76. The van der Waals surface area contributed by atoms with Crippen LogP contribution in [-0.2, 0) is 27.2 Å². The molecule has 0 heterocycles. The Kier molecular flexibility index (Phi) is 4.77. The number of rotatable bonds is 3. The van der Waals surface area contributed by atoms with Gasteiger partial charge in [-0.25, -0.2) is 8.42 Å². The fourth-order valence-electron chi connectivity index (χ4n) is 1.28. The van der Waals surface area contributed by atoms with E-state index in [2.05, 4.69) is 0 Å². The molecule has 1 amide bonds. The molecule has 0 aliphatic carbocycles. The molecule has 5 nitrogen and oxygen atoms in total. The zero-order valence-corrected chi connectivity index (χ0v) is 11.4. The van der Waals surface area contributed by atoms with Gasteiger partial charge < -0.3 is 0 Å². The van der Waals surface area contributed by atoms with Gasteiger partial charge in [-0.2, -0.15) is 26.3 Å². The standard InChI is InChI=1S/C10H8F6N2O3S/c1-5(19)17-18-22(20,21)8-3-6(9(11,12)13)2-7(4-8)10(14,15)16/h2-4,18H,1H3,(H,17,19). The number of amides is 1. The molecule has 0 radical (unpaired) electrons. The van der Waals surface area contributed by atoms with Gasteiger partial charge in [-0.3, -0.25) is 10.2 Å². The summed E-state index contributed by atoms with van der Waals surface area (Å²) in [5.74, 6) is -0.911. The van der Waals surface area contributed by atoms with Crippen molar-refractivity contribution >= 4 is 15.9 Å². The van der Waals surface area contributed by atoms with Crippen LogP contribution in [-0.4, -0.2) is 14.3 Å². The van der Waals surface area contributed by atoms with Crippen molar-refractivity contribution in [2.24, 2.45) is 0 Å². The third-order valence-corrected chi connectivity index (χ3v) is 3.46. The Morgan fingerprint density at radius 1 is 0.955 bits per heavy atom. The molecule has 0 aliphatic rings. The summed E-state index contributed by atoms with van der Waals surface area (Å²) < 4.78 is 98.8. The van der Waals surface area contributed by atoms with Crippen molar-refractivity contribution in [1.82, 2.24) is 10.3 Å². The van der Waals surface area contributed by atoms with Crippen molar-refractivity contribution in [3.05, 3.63) is 29.3 Å². The highest BCUT2D eigenvalue weighted by atomic mass is 32.2. The zero-order valence-electron chi connectivity index (χ0n) is 10.6. The van der Waals surface area contributed by atoms with Gasteiger partial charge in [0.1, 0.15) is 0 Å². The lowest BCUT2D eigenvalue weighted by molar-refractivity contribution is -0.143. The van der Waals surface area contributed by atoms with Crippen LogP contribution in [0, 0.1) is 0 Å². The average molecular weight is 350 g/mol. The van der Waals surface area contributed by atoms with Crippen LogP contribution >= 0.6 is 0 Å². The molecule has 22 heavy (non-hydrogen) atoms. The van der Waals surface area contributed by atoms with Crippen LogP contribution < -0.4 is 10.3 Å². The van der Waals surface area contributed by atoms with E-state index in [1.165, 1.54) is 4.83 Å². The third-order valence-electron chi connectivity index (χ3n) is 2.23. The molecule has 0 aliphatic heterocycles. The van der Waals surface area contributed by atoms with Crippen molar-refractivity contribution in [2.75, 3.05) is 0 Å². The zero-order chi connectivity index (χ0) is 17.3. The third kappa shape index (κ3) is 4.59. The maximum Gasteiger partial charge on any atom is 0.416 e. The van der Waals surface area contributed by atoms with Crippen LogP contribution in [0.2, 0.25) is 0 Å². The SMILES string of the molecule is CC(=O)NNS(=O)(=O)c1cc(C(F)(F)F)cc(C(F)(F)F)c1. The largest absolute Gasteiger partial charge is 0.416 e. The second-order valence-corrected chi connectivity index (χ2v) is 5.71. The summed E-state index contributed by atoms with van der Waals surface area (Å²) in [5.41, 5.74) is -2.01. The second-order valence-electron chi connectivity index (χ2n) is 4.03. The van der Waals surface area contributed by atoms with Gasteiger partial charge in [-0.1, -0.05) is 0 Å². The molecule has 0 aromatic heterocycles. The lowest BCUT2D eigenvalue weighted by Gasteiger charge is -2.14. The Hall–Kier alpha value is -1.82. The first-order valence-electron chi connectivity index (χ1n) is 5.31. The molecule has 0 atom stereocenters. The molecule has 1 aromatic carbocycles. The van der Waals surface area contributed by atoms with Crippen LogP contribution in [0.4, 0.5) is 26.3 Å². The van der Waals surface area contributed by atoms with E-state index < -0.39 is 44.3 Å². The number of hydrogen-bond donors (Lipinski definition) is 2. The molecule has 2 N–H and O–H groups in total. The van der Waals surface area contributed by atoms with E-state index in [1.54, 1.807) is 5.43 Å². The number of hydrazine groups is 1. The lowest BCUT2D eigenvalue weighted by atomic mass is 10.1. The Morgan fingerprint density at radius 2 is 1.36 bits per heavy atom. The highest BCUT2D eigenvalue weighted by Crippen LogP contribution is 2.37. The fourth-order valence-corrected chi connectivity index (χ4v) is 2.24. The predicted molar refractivity (Wildman–Crippen MR) is 60.6 cm³/mol. The number of carbonyl (C=O) groups excluding carboxylic acids is 1. The van der Waals surface area contributed by atoms with Gasteiger partial charge >= 0.3 is 12.4 Å². The van der Waals surface area contributed by atoms with Crippen LogP contribution in [0.5, 0.6) is 0 Å². The minimum atomic E-state index is -5.18. The van der Waals surface area contributed by atoms with E-state index in [4.69, 9.17) is 0 Å². The molecule has 0 bridgehead atoms. The van der Waals surface area contributed by atoms with Gasteiger partial charge in [0.15, 0.2) is 0 Å². The maximum atomic E-state index is 12.6. The van der Waals surface area contributed by atoms with Crippen molar-refractivity contribution in [2.45, 2.75) is 24.2 Å². The van der Waals surface area contributed by atoms with Crippen LogP contribution in [0.25, 0.3) is 0 Å². The average Bonchev–Trinajstić information content (AvgIpc) is 2.34. The normalized spacial score (nSPS) is 13.0. The van der Waals surface area contributed by atoms with Gasteiger partial charge in [0.05, 0.1) is 16.0 Å². The first-order chi connectivity index (χ1) is 9.73. The maximum absolute atomic E-state index is 12.6. The quantitative estimate of drug-likeness (QED) is 0.647. The number of carbonyl (C=O) groups is 1. The van der Waals surface area contributed by atoms with Gasteiger partial charge in [0.25, 0.3) is 10.0 Å². The van der Waals surface area contributed by atoms with Gasteiger partial charge in [-0.05, 0) is 18.2 Å². The smallest absolute Gasteiger partial charge is 0.278 e. The highest BCUT2D eigenvalue weighted by Gasteiger charge is 2.38. The Bertz CT molecular complexity index is 649. The van der Waals surface area contributed by atoms with Gasteiger partial charge in [0, 0.05) is 6.92 Å². The summed E-state index contributed by atoms with van der Waals surface area (Å²) >= 11 is 0. The van der Waals surface area contributed by atoms with E-state index in [0.29, 0.717) is 0 Å². The molecule has 1 aromatic rings. The summed E-state index contributed by atoms with van der Waals surface area (Å²) in [7, 11) is -4.80. The van der Waals surface area contributed by atoms with Crippen molar-refractivity contribution < 1.29 is 39.6 Å². The number of alkyl halides is 6. The predicted octanol–water partition coefficient (Wildman–Crippen LogP) is 2.05. The summed E-state index contributed by atoms with van der Waals surface area (Å²) in [4.78, 5) is 10.7. The molecule has 0 saturated carbocycles. The Morgan fingerprint density at radius 3 is 1.68 bits per heavy atom. The number of nitrogens with one attached hydrogen (secondary N) is 2. The highest BCUT2D eigenvalue weighted by molar-refractivity contribution is 7.89. The van der Waals surface area contributed by atoms with Gasteiger partial charge in [-0.15, -0.1) is 4.83 Å². The molecule has 1 rings (SSSR count). The van der Waals surface area contributed by atoms with Crippen molar-refractivity contribution in [1.29, 1.82) is 0 Å². The summed E-state index contributed by atoms with van der Waals surface area (Å²) in [6, 6.07) is -0.157. The minimum absolute atomic E-state index is 0.0272. The molecule has 124 valence electrons. The van der Waals surface area contributed by atoms with Gasteiger partial charge in [0.2, 0.25) is 5.91 Å². The van der Waals surface area contributed by atoms with E-state index in [9.17, 15) is 39.6 Å². The first-order valence-corrected chi connectivity index (χ1v) is 6.79. The number of sulfonamides is 1. The van der Waals surface area contributed by atoms with E-state index >= 15 is 0 Å². The number of hydrogen-bond acceptors (Lipinski definition) is 3. The fraction of sp³-hybridized carbons (Fsp3) is 0.300. The van der Waals surface area contributed by atoms with Crippen molar-refractivity contribution in [3.8, 4) is 0 Å². The van der Waals surface area contributed by atoms with Crippen LogP contribution in [0.3, 0.4) is 0 Å². The molecule has 0 saturated heterocycles. The van der Waals surface area contributed by atoms with E-state index in [-0.39, 0.29) is 18.2 Å². The summed E-state index contributed by atoms with van der Waals surface area (Å²) in [6.07, 6.45) is -10.4. The summed E-state index contributed by atoms with van der Waals surface area (Å²) in [5, 5.41) is 0. The molecule has 0 unspecified atom stereocenters. The van der Waals surface area contributed by atoms with Crippen LogP contribution in [0.15, 0.2) is 23.1 Å². The topological polar surface area (TPSA) is 75.3 Å². The van der Waals surface area contributed by atoms with E-state index in [1.807, 2.05) is 0 Å². The lowest BCUT2D eigenvalue weighted by Crippen LogP contribution is -2.40.